The number of anilines is 1. The van der Waals surface area contributed by atoms with Gasteiger partial charge in [-0.3, -0.25) is 4.79 Å². The number of hydrogen-bond donors (Lipinski definition) is 2. The van der Waals surface area contributed by atoms with E-state index >= 15 is 0 Å². The van der Waals surface area contributed by atoms with Crippen molar-refractivity contribution >= 4 is 54.8 Å². The molecule has 18 heavy (non-hydrogen) atoms. The second-order valence-electron chi connectivity index (χ2n) is 3.41. The molecular formula is C11H9Br2N3OS. The Morgan fingerprint density at radius 3 is 2.89 bits per heavy atom. The van der Waals surface area contributed by atoms with Gasteiger partial charge in [0.25, 0.3) is 5.91 Å². The number of nitrogens with two attached hydrogens (primary N) is 1. The summed E-state index contributed by atoms with van der Waals surface area (Å²) in [5.74, 6) is -0.246. The van der Waals surface area contributed by atoms with Crippen molar-refractivity contribution in [2.75, 3.05) is 5.32 Å². The normalized spacial score (nSPS) is 10.4. The third kappa shape index (κ3) is 3.17. The van der Waals surface area contributed by atoms with Gasteiger partial charge in [0.2, 0.25) is 0 Å². The maximum Gasteiger partial charge on any atom is 0.275 e. The monoisotopic (exact) mass is 389 g/mol. The fourth-order valence-electron chi connectivity index (χ4n) is 1.29. The zero-order valence-corrected chi connectivity index (χ0v) is 13.1. The van der Waals surface area contributed by atoms with Gasteiger partial charge in [-0.15, -0.1) is 11.3 Å². The Morgan fingerprint density at radius 1 is 1.44 bits per heavy atom. The van der Waals surface area contributed by atoms with Crippen molar-refractivity contribution < 1.29 is 4.79 Å². The van der Waals surface area contributed by atoms with Crippen LogP contribution in [-0.4, -0.2) is 10.9 Å². The fraction of sp³-hybridized carbons (Fsp3) is 0.0909. The summed E-state index contributed by atoms with van der Waals surface area (Å²) in [6.45, 7) is 0.346. The number of hydrogen-bond acceptors (Lipinski definition) is 4. The van der Waals surface area contributed by atoms with Gasteiger partial charge >= 0.3 is 0 Å². The van der Waals surface area contributed by atoms with Crippen LogP contribution in [0.5, 0.6) is 0 Å². The van der Waals surface area contributed by atoms with E-state index in [1.165, 1.54) is 11.3 Å². The molecule has 0 aliphatic carbocycles. The minimum absolute atomic E-state index is 0.246. The maximum absolute atomic E-state index is 12.0. The van der Waals surface area contributed by atoms with Crippen molar-refractivity contribution in [1.82, 2.24) is 4.98 Å². The van der Waals surface area contributed by atoms with Crippen LogP contribution in [0.4, 0.5) is 5.69 Å². The smallest absolute Gasteiger partial charge is 0.275 e. The molecule has 0 radical (unpaired) electrons. The summed E-state index contributed by atoms with van der Waals surface area (Å²) in [7, 11) is 0. The standard InChI is InChI=1S/C11H9Br2N3OS/c12-6-1-2-7(13)8(3-6)16-11(17)9-5-18-10(4-14)15-9/h1-3,5H,4,14H2,(H,16,17). The molecule has 94 valence electrons. The van der Waals surface area contributed by atoms with Crippen molar-refractivity contribution in [3.63, 3.8) is 0 Å². The average Bonchev–Trinajstić information content (AvgIpc) is 2.82. The highest BCUT2D eigenvalue weighted by atomic mass is 79.9. The molecule has 0 saturated heterocycles. The molecule has 0 aliphatic rings. The van der Waals surface area contributed by atoms with Gasteiger partial charge in [0.05, 0.1) is 5.69 Å². The highest BCUT2D eigenvalue weighted by Gasteiger charge is 2.12. The molecule has 7 heteroatoms. The summed E-state index contributed by atoms with van der Waals surface area (Å²) in [6, 6.07) is 5.55. The van der Waals surface area contributed by atoms with Crippen LogP contribution in [0.25, 0.3) is 0 Å². The molecule has 0 spiro atoms. The molecule has 0 fully saturated rings. The molecule has 0 unspecified atom stereocenters. The topological polar surface area (TPSA) is 68.0 Å². The number of carbonyl (C=O) groups is 1. The van der Waals surface area contributed by atoms with E-state index < -0.39 is 0 Å². The Morgan fingerprint density at radius 2 is 2.22 bits per heavy atom. The van der Waals surface area contributed by atoms with Crippen LogP contribution in [0, 0.1) is 0 Å². The quantitative estimate of drug-likeness (QED) is 0.843. The molecule has 1 heterocycles. The van der Waals surface area contributed by atoms with E-state index in [1.807, 2.05) is 18.2 Å². The molecule has 0 atom stereocenters. The lowest BCUT2D eigenvalue weighted by atomic mass is 10.3. The third-order valence-corrected chi connectivity index (χ3v) is 4.19. The van der Waals surface area contributed by atoms with Gasteiger partial charge in [0.15, 0.2) is 0 Å². The van der Waals surface area contributed by atoms with E-state index in [0.29, 0.717) is 17.9 Å². The van der Waals surface area contributed by atoms with Crippen LogP contribution in [-0.2, 0) is 6.54 Å². The Kier molecular flexibility index (Phi) is 4.50. The summed E-state index contributed by atoms with van der Waals surface area (Å²) < 4.78 is 1.70. The van der Waals surface area contributed by atoms with Crippen molar-refractivity contribution in [2.24, 2.45) is 5.73 Å². The first kappa shape index (κ1) is 13.7. The van der Waals surface area contributed by atoms with Crippen LogP contribution >= 0.6 is 43.2 Å². The summed E-state index contributed by atoms with van der Waals surface area (Å²) in [5, 5.41) is 5.23. The van der Waals surface area contributed by atoms with E-state index in [-0.39, 0.29) is 5.91 Å². The molecule has 2 aromatic rings. The molecule has 4 nitrogen and oxygen atoms in total. The molecule has 1 aromatic carbocycles. The summed E-state index contributed by atoms with van der Waals surface area (Å²) >= 11 is 8.11. The Bertz CT molecular complexity index is 585. The van der Waals surface area contributed by atoms with E-state index in [2.05, 4.69) is 42.2 Å². The van der Waals surface area contributed by atoms with E-state index in [9.17, 15) is 4.79 Å². The van der Waals surface area contributed by atoms with Crippen LogP contribution in [0.15, 0.2) is 32.5 Å². The van der Waals surface area contributed by atoms with Crippen molar-refractivity contribution in [3.05, 3.63) is 43.2 Å². The van der Waals surface area contributed by atoms with Gasteiger partial charge < -0.3 is 11.1 Å². The van der Waals surface area contributed by atoms with Gasteiger partial charge in [0, 0.05) is 20.9 Å². The summed E-state index contributed by atoms with van der Waals surface area (Å²) in [6.07, 6.45) is 0. The van der Waals surface area contributed by atoms with Gasteiger partial charge in [-0.1, -0.05) is 15.9 Å². The minimum Gasteiger partial charge on any atom is -0.325 e. The number of nitrogens with one attached hydrogen (secondary N) is 1. The van der Waals surface area contributed by atoms with Crippen LogP contribution in [0.3, 0.4) is 0 Å². The van der Waals surface area contributed by atoms with Crippen molar-refractivity contribution in [2.45, 2.75) is 6.54 Å². The first-order valence-electron chi connectivity index (χ1n) is 5.01. The second kappa shape index (κ2) is 5.92. The number of nitrogens with zero attached hydrogens (tertiary/aromatic N) is 1. The largest absolute Gasteiger partial charge is 0.325 e. The number of halogens is 2. The average molecular weight is 391 g/mol. The first-order chi connectivity index (χ1) is 8.60. The lowest BCUT2D eigenvalue weighted by molar-refractivity contribution is 0.102. The number of rotatable bonds is 3. The molecule has 1 aromatic heterocycles. The minimum atomic E-state index is -0.246. The predicted octanol–water partition coefficient (Wildman–Crippen LogP) is 3.38. The first-order valence-corrected chi connectivity index (χ1v) is 7.47. The SMILES string of the molecule is NCc1nc(C(=O)Nc2cc(Br)ccc2Br)cs1. The Labute approximate surface area is 125 Å². The van der Waals surface area contributed by atoms with Crippen LogP contribution in [0.1, 0.15) is 15.5 Å². The Balaban J connectivity index is 2.18. The lowest BCUT2D eigenvalue weighted by Crippen LogP contribution is -2.13. The number of benzene rings is 1. The predicted molar refractivity (Wildman–Crippen MR) is 79.8 cm³/mol. The van der Waals surface area contributed by atoms with E-state index in [1.54, 1.807) is 5.38 Å². The number of amides is 1. The van der Waals surface area contributed by atoms with Gasteiger partial charge in [-0.05, 0) is 34.1 Å². The summed E-state index contributed by atoms with van der Waals surface area (Å²) in [5.41, 5.74) is 6.54. The van der Waals surface area contributed by atoms with Gasteiger partial charge in [-0.2, -0.15) is 0 Å². The molecule has 2 rings (SSSR count). The molecule has 0 bridgehead atoms. The molecular weight excluding hydrogens is 382 g/mol. The maximum atomic E-state index is 12.0. The highest BCUT2D eigenvalue weighted by molar-refractivity contribution is 9.11. The zero-order chi connectivity index (χ0) is 13.1. The number of carbonyl (C=O) groups excluding carboxylic acids is 1. The second-order valence-corrected chi connectivity index (χ2v) is 6.12. The van der Waals surface area contributed by atoms with Crippen molar-refractivity contribution in [1.29, 1.82) is 0 Å². The number of aromatic nitrogens is 1. The van der Waals surface area contributed by atoms with Crippen molar-refractivity contribution in [3.8, 4) is 0 Å². The lowest BCUT2D eigenvalue weighted by Gasteiger charge is -2.06. The van der Waals surface area contributed by atoms with Gasteiger partial charge in [-0.25, -0.2) is 4.98 Å². The van der Waals surface area contributed by atoms with Crippen LogP contribution in [0.2, 0.25) is 0 Å². The highest BCUT2D eigenvalue weighted by Crippen LogP contribution is 2.26. The zero-order valence-electron chi connectivity index (χ0n) is 9.11. The summed E-state index contributed by atoms with van der Waals surface area (Å²) in [4.78, 5) is 16.1. The van der Waals surface area contributed by atoms with E-state index in [4.69, 9.17) is 5.73 Å². The number of thiazole rings is 1. The molecule has 0 saturated carbocycles. The van der Waals surface area contributed by atoms with Gasteiger partial charge in [0.1, 0.15) is 10.7 Å². The fourth-order valence-corrected chi connectivity index (χ4v) is 2.65. The molecule has 3 N–H and O–H groups in total. The van der Waals surface area contributed by atoms with Crippen LogP contribution < -0.4 is 11.1 Å². The third-order valence-electron chi connectivity index (χ3n) is 2.14. The molecule has 0 aliphatic heterocycles. The molecule has 1 amide bonds. The van der Waals surface area contributed by atoms with E-state index in [0.717, 1.165) is 14.0 Å². The Hall–Kier alpha value is -0.760.